The van der Waals surface area contributed by atoms with Crippen LogP contribution < -0.4 is 0 Å². The van der Waals surface area contributed by atoms with E-state index in [0.29, 0.717) is 6.07 Å². The molecular weight excluding hydrogens is 173 g/mol. The number of nitro groups is 1. The van der Waals surface area contributed by atoms with Crippen LogP contribution in [0.3, 0.4) is 0 Å². The first-order valence-electron chi connectivity index (χ1n) is 2.69. The maximum Gasteiger partial charge on any atom is 0.436 e. The topological polar surface area (TPSA) is 93.6 Å². The molecule has 1 aromatic rings. The van der Waals surface area contributed by atoms with E-state index in [2.05, 4.69) is 4.42 Å². The molecule has 0 aliphatic heterocycles. The molecule has 1 N–H and O–H groups in total. The Balaban J connectivity index is 3.17. The van der Waals surface area contributed by atoms with Gasteiger partial charge in [0.05, 0.1) is 6.07 Å². The lowest BCUT2D eigenvalue weighted by Gasteiger charge is -1.83. The summed E-state index contributed by atoms with van der Waals surface area (Å²) in [5.74, 6) is -4.92. The fraction of sp³-hybridized carbons (Fsp3) is 0. The number of hydrogen-bond donors (Lipinski definition) is 1. The van der Waals surface area contributed by atoms with Gasteiger partial charge in [0.25, 0.3) is 5.76 Å². The van der Waals surface area contributed by atoms with Crippen molar-refractivity contribution in [3.05, 3.63) is 27.8 Å². The maximum atomic E-state index is 12.4. The van der Waals surface area contributed by atoms with Crippen LogP contribution in [0.1, 0.15) is 10.6 Å². The summed E-state index contributed by atoms with van der Waals surface area (Å²) in [7, 11) is 0. The minimum absolute atomic E-state index is 0.406. The number of carboxylic acid groups (broad SMARTS) is 1. The highest BCUT2D eigenvalue weighted by Gasteiger charge is 2.23. The molecule has 0 aliphatic carbocycles. The maximum absolute atomic E-state index is 12.4. The number of halogens is 1. The van der Waals surface area contributed by atoms with Crippen LogP contribution in [0.25, 0.3) is 0 Å². The van der Waals surface area contributed by atoms with Gasteiger partial charge in [0.15, 0.2) is 5.82 Å². The summed E-state index contributed by atoms with van der Waals surface area (Å²) in [5, 5.41) is 18.1. The third-order valence-electron chi connectivity index (χ3n) is 1.05. The molecule has 0 atom stereocenters. The number of carboxylic acids is 1. The smallest absolute Gasteiger partial charge is 0.436 e. The molecular formula is C5H2FNO5. The van der Waals surface area contributed by atoms with E-state index in [4.69, 9.17) is 5.11 Å². The van der Waals surface area contributed by atoms with Crippen molar-refractivity contribution in [2.75, 3.05) is 0 Å². The van der Waals surface area contributed by atoms with E-state index in [1.54, 1.807) is 0 Å². The summed E-state index contributed by atoms with van der Waals surface area (Å²) in [6, 6.07) is 0.406. The molecule has 0 bridgehead atoms. The van der Waals surface area contributed by atoms with Gasteiger partial charge >= 0.3 is 11.9 Å². The fourth-order valence-corrected chi connectivity index (χ4v) is 0.593. The van der Waals surface area contributed by atoms with Gasteiger partial charge in [-0.25, -0.2) is 9.18 Å². The number of furan rings is 1. The van der Waals surface area contributed by atoms with Crippen LogP contribution in [0.5, 0.6) is 0 Å². The first-order valence-corrected chi connectivity index (χ1v) is 2.69. The molecule has 0 aliphatic rings. The molecule has 0 saturated carbocycles. The Bertz CT molecular complexity index is 344. The SMILES string of the molecule is O=C(O)c1oc([N+](=O)[O-])cc1F. The molecule has 1 aromatic heterocycles. The van der Waals surface area contributed by atoms with E-state index >= 15 is 0 Å². The van der Waals surface area contributed by atoms with Gasteiger partial charge in [0, 0.05) is 0 Å². The fourth-order valence-electron chi connectivity index (χ4n) is 0.593. The van der Waals surface area contributed by atoms with Gasteiger partial charge in [-0.1, -0.05) is 0 Å². The van der Waals surface area contributed by atoms with E-state index in [1.165, 1.54) is 0 Å². The van der Waals surface area contributed by atoms with Crippen molar-refractivity contribution in [1.82, 2.24) is 0 Å². The second-order valence-corrected chi connectivity index (χ2v) is 1.82. The van der Waals surface area contributed by atoms with Crippen molar-refractivity contribution in [2.24, 2.45) is 0 Å². The average Bonchev–Trinajstić information content (AvgIpc) is 2.30. The number of hydrogen-bond acceptors (Lipinski definition) is 4. The number of nitrogens with zero attached hydrogens (tertiary/aromatic N) is 1. The van der Waals surface area contributed by atoms with Crippen LogP contribution in [0.2, 0.25) is 0 Å². The van der Waals surface area contributed by atoms with E-state index in [9.17, 15) is 19.3 Å². The Hall–Kier alpha value is -1.92. The minimum atomic E-state index is -1.68. The van der Waals surface area contributed by atoms with E-state index < -0.39 is 28.4 Å². The molecule has 1 rings (SSSR count). The average molecular weight is 175 g/mol. The third kappa shape index (κ3) is 1.24. The largest absolute Gasteiger partial charge is 0.475 e. The quantitative estimate of drug-likeness (QED) is 0.534. The zero-order valence-corrected chi connectivity index (χ0v) is 5.48. The number of aromatic carboxylic acids is 1. The van der Waals surface area contributed by atoms with Crippen molar-refractivity contribution < 1.29 is 23.6 Å². The predicted octanol–water partition coefficient (Wildman–Crippen LogP) is 1.03. The monoisotopic (exact) mass is 175 g/mol. The Morgan fingerprint density at radius 1 is 1.75 bits per heavy atom. The molecule has 7 heteroatoms. The first-order chi connectivity index (χ1) is 5.52. The van der Waals surface area contributed by atoms with Crippen LogP contribution in [-0.4, -0.2) is 16.0 Å². The molecule has 1 heterocycles. The molecule has 0 amide bonds. The molecule has 12 heavy (non-hydrogen) atoms. The zero-order valence-electron chi connectivity index (χ0n) is 5.48. The second-order valence-electron chi connectivity index (χ2n) is 1.82. The number of carbonyl (C=O) groups is 1. The summed E-state index contributed by atoms with van der Waals surface area (Å²) >= 11 is 0. The molecule has 0 fully saturated rings. The van der Waals surface area contributed by atoms with Crippen molar-refractivity contribution in [2.45, 2.75) is 0 Å². The Kier molecular flexibility index (Phi) is 1.78. The minimum Gasteiger partial charge on any atom is -0.475 e. The number of rotatable bonds is 2. The standard InChI is InChI=1S/C5H2FNO5/c6-2-1-3(7(10)11)12-4(2)5(8)9/h1H,(H,8,9). The molecule has 64 valence electrons. The molecule has 0 aromatic carbocycles. The normalized spacial score (nSPS) is 9.75. The molecule has 0 saturated heterocycles. The summed E-state index contributed by atoms with van der Waals surface area (Å²) in [4.78, 5) is 19.0. The van der Waals surface area contributed by atoms with Crippen molar-refractivity contribution in [3.63, 3.8) is 0 Å². The molecule has 0 unspecified atom stereocenters. The van der Waals surface area contributed by atoms with Crippen LogP contribution in [0, 0.1) is 15.9 Å². The van der Waals surface area contributed by atoms with E-state index in [0.717, 1.165) is 0 Å². The molecule has 6 nitrogen and oxygen atoms in total. The Morgan fingerprint density at radius 3 is 2.58 bits per heavy atom. The lowest BCUT2D eigenvalue weighted by molar-refractivity contribution is -0.402. The van der Waals surface area contributed by atoms with Gasteiger partial charge < -0.3 is 9.52 Å². The van der Waals surface area contributed by atoms with Crippen molar-refractivity contribution in [3.8, 4) is 0 Å². The summed E-state index contributed by atoms with van der Waals surface area (Å²) in [5.41, 5.74) is 0. The molecule has 0 radical (unpaired) electrons. The van der Waals surface area contributed by atoms with Crippen LogP contribution in [-0.2, 0) is 0 Å². The Labute approximate surface area is 64.4 Å². The zero-order chi connectivity index (χ0) is 9.30. The first kappa shape index (κ1) is 8.18. The summed E-state index contributed by atoms with van der Waals surface area (Å²) in [6.45, 7) is 0. The van der Waals surface area contributed by atoms with Gasteiger partial charge in [-0.3, -0.25) is 10.1 Å². The van der Waals surface area contributed by atoms with Crippen LogP contribution in [0.15, 0.2) is 10.5 Å². The second kappa shape index (κ2) is 2.61. The summed E-state index contributed by atoms with van der Waals surface area (Å²) in [6.07, 6.45) is 0. The van der Waals surface area contributed by atoms with Crippen LogP contribution >= 0.6 is 0 Å². The molecule has 0 spiro atoms. The van der Waals surface area contributed by atoms with Gasteiger partial charge in [0.2, 0.25) is 0 Å². The van der Waals surface area contributed by atoms with Gasteiger partial charge in [-0.15, -0.1) is 0 Å². The Morgan fingerprint density at radius 2 is 2.33 bits per heavy atom. The highest BCUT2D eigenvalue weighted by Crippen LogP contribution is 2.19. The van der Waals surface area contributed by atoms with Crippen molar-refractivity contribution >= 4 is 11.9 Å². The van der Waals surface area contributed by atoms with Gasteiger partial charge in [-0.05, 0) is 0 Å². The van der Waals surface area contributed by atoms with Gasteiger partial charge in [0.1, 0.15) is 4.92 Å². The summed E-state index contributed by atoms with van der Waals surface area (Å²) < 4.78 is 16.5. The lowest BCUT2D eigenvalue weighted by atomic mass is 10.4. The highest BCUT2D eigenvalue weighted by molar-refractivity contribution is 5.84. The van der Waals surface area contributed by atoms with E-state index in [1.807, 2.05) is 0 Å². The highest BCUT2D eigenvalue weighted by atomic mass is 19.1. The predicted molar refractivity (Wildman–Crippen MR) is 32.3 cm³/mol. The van der Waals surface area contributed by atoms with Gasteiger partial charge in [-0.2, -0.15) is 0 Å². The lowest BCUT2D eigenvalue weighted by Crippen LogP contribution is -1.95. The third-order valence-corrected chi connectivity index (χ3v) is 1.05. The van der Waals surface area contributed by atoms with Crippen molar-refractivity contribution in [1.29, 1.82) is 0 Å². The van der Waals surface area contributed by atoms with E-state index in [-0.39, 0.29) is 0 Å². The van der Waals surface area contributed by atoms with Crippen LogP contribution in [0.4, 0.5) is 10.3 Å².